The molecule has 0 fully saturated rings. The molecule has 0 spiro atoms. The van der Waals surface area contributed by atoms with Crippen LogP contribution in [-0.4, -0.2) is 52.6 Å². The fraction of sp³-hybridized carbons (Fsp3) is 0.947. The Labute approximate surface area is 148 Å². The number of esters is 1. The molecule has 0 rings (SSSR count). The van der Waals surface area contributed by atoms with Gasteiger partial charge in [-0.15, -0.1) is 0 Å². The highest BCUT2D eigenvalue weighted by atomic mass is 16.6. The lowest BCUT2D eigenvalue weighted by atomic mass is 10.1. The zero-order chi connectivity index (χ0) is 17.7. The molecule has 0 heterocycles. The normalized spacial score (nSPS) is 10.9. The molecule has 0 aromatic carbocycles. The monoisotopic (exact) mass is 345 g/mol. The Morgan fingerprint density at radius 1 is 0.750 bits per heavy atom. The van der Waals surface area contributed by atoms with Gasteiger partial charge >= 0.3 is 5.97 Å². The topological polar surface area (TPSA) is 56.8 Å². The van der Waals surface area contributed by atoms with E-state index in [9.17, 15) is 4.79 Å². The van der Waals surface area contributed by atoms with Crippen LogP contribution in [0.5, 0.6) is 0 Å². The largest absolute Gasteiger partial charge is 0.463 e. The second-order valence-corrected chi connectivity index (χ2v) is 6.13. The summed E-state index contributed by atoms with van der Waals surface area (Å²) in [6.45, 7) is 5.68. The third kappa shape index (κ3) is 19.4. The van der Waals surface area contributed by atoms with E-state index in [4.69, 9.17) is 14.2 Å². The number of nitrogens with one attached hydrogen (secondary N) is 1. The summed E-state index contributed by atoms with van der Waals surface area (Å²) in [6.07, 6.45) is 11.8. The van der Waals surface area contributed by atoms with E-state index in [1.54, 1.807) is 0 Å². The second-order valence-electron chi connectivity index (χ2n) is 6.13. The molecular weight excluding hydrogens is 306 g/mol. The van der Waals surface area contributed by atoms with E-state index in [0.29, 0.717) is 39.5 Å². The zero-order valence-electron chi connectivity index (χ0n) is 15.9. The van der Waals surface area contributed by atoms with Crippen LogP contribution in [0.3, 0.4) is 0 Å². The number of rotatable bonds is 19. The lowest BCUT2D eigenvalue weighted by molar-refractivity contribution is -0.145. The van der Waals surface area contributed by atoms with E-state index < -0.39 is 0 Å². The highest BCUT2D eigenvalue weighted by molar-refractivity contribution is 5.69. The Hall–Kier alpha value is -0.650. The van der Waals surface area contributed by atoms with Gasteiger partial charge in [-0.1, -0.05) is 58.3 Å². The maximum atomic E-state index is 11.5. The Bertz CT molecular complexity index is 238. The molecule has 0 aliphatic rings. The quantitative estimate of drug-likeness (QED) is 0.286. The number of hydrogen-bond donors (Lipinski definition) is 1. The van der Waals surface area contributed by atoms with Crippen LogP contribution in [0.2, 0.25) is 0 Å². The van der Waals surface area contributed by atoms with E-state index in [1.165, 1.54) is 44.9 Å². The Kier molecular flexibility index (Phi) is 19.8. The molecular formula is C19H39NO4. The first-order chi connectivity index (χ1) is 11.8. The molecule has 1 N–H and O–H groups in total. The van der Waals surface area contributed by atoms with E-state index >= 15 is 0 Å². The van der Waals surface area contributed by atoms with Crippen LogP contribution in [0.15, 0.2) is 0 Å². The SMILES string of the molecule is CCCCCCCCCCCC(=O)OCCOCCOCCNC. The van der Waals surface area contributed by atoms with Gasteiger partial charge in [-0.05, 0) is 13.5 Å². The predicted molar refractivity (Wildman–Crippen MR) is 98.4 cm³/mol. The summed E-state index contributed by atoms with van der Waals surface area (Å²) in [5.41, 5.74) is 0. The van der Waals surface area contributed by atoms with Crippen molar-refractivity contribution in [3.05, 3.63) is 0 Å². The lowest BCUT2D eigenvalue weighted by Crippen LogP contribution is -2.17. The minimum absolute atomic E-state index is 0.105. The summed E-state index contributed by atoms with van der Waals surface area (Å²) in [6, 6.07) is 0. The van der Waals surface area contributed by atoms with Gasteiger partial charge in [0.2, 0.25) is 0 Å². The summed E-state index contributed by atoms with van der Waals surface area (Å²) in [7, 11) is 1.89. The number of carbonyl (C=O) groups is 1. The van der Waals surface area contributed by atoms with Gasteiger partial charge in [0, 0.05) is 13.0 Å². The number of hydrogen-bond acceptors (Lipinski definition) is 5. The van der Waals surface area contributed by atoms with Crippen molar-refractivity contribution in [1.82, 2.24) is 5.32 Å². The van der Waals surface area contributed by atoms with Crippen LogP contribution in [0, 0.1) is 0 Å². The molecule has 0 aromatic rings. The molecule has 144 valence electrons. The van der Waals surface area contributed by atoms with Gasteiger partial charge in [-0.25, -0.2) is 0 Å². The van der Waals surface area contributed by atoms with Crippen molar-refractivity contribution in [1.29, 1.82) is 0 Å². The van der Waals surface area contributed by atoms with Crippen molar-refractivity contribution in [2.75, 3.05) is 46.6 Å². The average molecular weight is 346 g/mol. The Morgan fingerprint density at radius 3 is 1.92 bits per heavy atom. The third-order valence-electron chi connectivity index (χ3n) is 3.84. The van der Waals surface area contributed by atoms with E-state index in [-0.39, 0.29) is 5.97 Å². The molecule has 0 aliphatic heterocycles. The van der Waals surface area contributed by atoms with E-state index in [1.807, 2.05) is 7.05 Å². The van der Waals surface area contributed by atoms with Crippen LogP contribution in [-0.2, 0) is 19.0 Å². The number of unbranched alkanes of at least 4 members (excludes halogenated alkanes) is 8. The van der Waals surface area contributed by atoms with E-state index in [0.717, 1.165) is 19.4 Å². The standard InChI is InChI=1S/C19H39NO4/c1-3-4-5-6-7-8-9-10-11-12-19(21)24-18-17-23-16-15-22-14-13-20-2/h20H,3-18H2,1-2H3. The highest BCUT2D eigenvalue weighted by Gasteiger charge is 2.02. The fourth-order valence-corrected chi connectivity index (χ4v) is 2.36. The number of carbonyl (C=O) groups excluding carboxylic acids is 1. The van der Waals surface area contributed by atoms with Crippen LogP contribution >= 0.6 is 0 Å². The molecule has 0 saturated carbocycles. The molecule has 0 bridgehead atoms. The lowest BCUT2D eigenvalue weighted by Gasteiger charge is -2.07. The van der Waals surface area contributed by atoms with Crippen LogP contribution in [0.1, 0.15) is 71.1 Å². The molecule has 0 unspecified atom stereocenters. The van der Waals surface area contributed by atoms with Gasteiger partial charge in [0.1, 0.15) is 6.61 Å². The minimum Gasteiger partial charge on any atom is -0.463 e. The summed E-state index contributed by atoms with van der Waals surface area (Å²) in [5, 5.41) is 3.01. The fourth-order valence-electron chi connectivity index (χ4n) is 2.36. The summed E-state index contributed by atoms with van der Waals surface area (Å²) >= 11 is 0. The molecule has 5 nitrogen and oxygen atoms in total. The molecule has 0 aliphatic carbocycles. The molecule has 0 atom stereocenters. The first kappa shape index (κ1) is 23.4. The molecule has 0 aromatic heterocycles. The van der Waals surface area contributed by atoms with Crippen molar-refractivity contribution in [2.45, 2.75) is 71.1 Å². The van der Waals surface area contributed by atoms with Crippen molar-refractivity contribution < 1.29 is 19.0 Å². The van der Waals surface area contributed by atoms with Gasteiger partial charge in [0.15, 0.2) is 0 Å². The summed E-state index contributed by atoms with van der Waals surface area (Å²) in [5.74, 6) is -0.105. The molecule has 24 heavy (non-hydrogen) atoms. The smallest absolute Gasteiger partial charge is 0.305 e. The average Bonchev–Trinajstić information content (AvgIpc) is 2.59. The highest BCUT2D eigenvalue weighted by Crippen LogP contribution is 2.10. The first-order valence-corrected chi connectivity index (χ1v) is 9.77. The van der Waals surface area contributed by atoms with Gasteiger partial charge in [0.05, 0.1) is 26.4 Å². The van der Waals surface area contributed by atoms with Gasteiger partial charge < -0.3 is 19.5 Å². The molecule has 0 radical (unpaired) electrons. The predicted octanol–water partition coefficient (Wildman–Crippen LogP) is 3.70. The zero-order valence-corrected chi connectivity index (χ0v) is 15.9. The molecule has 0 saturated heterocycles. The maximum Gasteiger partial charge on any atom is 0.305 e. The molecule has 5 heteroatoms. The van der Waals surface area contributed by atoms with Gasteiger partial charge in [0.25, 0.3) is 0 Å². The van der Waals surface area contributed by atoms with Crippen LogP contribution in [0.4, 0.5) is 0 Å². The number of likely N-dealkylation sites (N-methyl/N-ethyl adjacent to an activating group) is 1. The van der Waals surface area contributed by atoms with Gasteiger partial charge in [-0.2, -0.15) is 0 Å². The third-order valence-corrected chi connectivity index (χ3v) is 3.84. The van der Waals surface area contributed by atoms with Crippen molar-refractivity contribution in [2.24, 2.45) is 0 Å². The summed E-state index contributed by atoms with van der Waals surface area (Å²) in [4.78, 5) is 11.5. The van der Waals surface area contributed by atoms with Crippen molar-refractivity contribution in [3.63, 3.8) is 0 Å². The van der Waals surface area contributed by atoms with Crippen molar-refractivity contribution in [3.8, 4) is 0 Å². The van der Waals surface area contributed by atoms with Crippen LogP contribution in [0.25, 0.3) is 0 Å². The first-order valence-electron chi connectivity index (χ1n) is 9.77. The molecule has 0 amide bonds. The van der Waals surface area contributed by atoms with Crippen molar-refractivity contribution >= 4 is 5.97 Å². The Morgan fingerprint density at radius 2 is 1.29 bits per heavy atom. The van der Waals surface area contributed by atoms with Crippen LogP contribution < -0.4 is 5.32 Å². The number of ether oxygens (including phenoxy) is 3. The van der Waals surface area contributed by atoms with E-state index in [2.05, 4.69) is 12.2 Å². The summed E-state index contributed by atoms with van der Waals surface area (Å²) < 4.78 is 15.8. The minimum atomic E-state index is -0.105. The second kappa shape index (κ2) is 20.4. The van der Waals surface area contributed by atoms with Gasteiger partial charge in [-0.3, -0.25) is 4.79 Å². The Balaban J connectivity index is 3.13. The maximum absolute atomic E-state index is 11.5.